The van der Waals surface area contributed by atoms with Crippen molar-refractivity contribution in [1.29, 1.82) is 0 Å². The van der Waals surface area contributed by atoms with Crippen molar-refractivity contribution in [3.63, 3.8) is 0 Å². The van der Waals surface area contributed by atoms with E-state index in [0.717, 1.165) is 16.8 Å². The minimum absolute atomic E-state index is 0.00928. The van der Waals surface area contributed by atoms with Crippen LogP contribution in [-0.2, 0) is 24.1 Å². The molecule has 11 nitrogen and oxygen atoms in total. The second-order valence-electron chi connectivity index (χ2n) is 12.5. The summed E-state index contributed by atoms with van der Waals surface area (Å²) in [6, 6.07) is 11.8. The van der Waals surface area contributed by atoms with Crippen molar-refractivity contribution in [2.24, 2.45) is 23.0 Å². The first-order chi connectivity index (χ1) is 22.6. The molecule has 252 valence electrons. The van der Waals surface area contributed by atoms with Crippen molar-refractivity contribution in [2.45, 2.75) is 57.2 Å². The number of carbonyl (C=O) groups excluding carboxylic acids is 1. The summed E-state index contributed by atoms with van der Waals surface area (Å²) < 4.78 is 10.5. The van der Waals surface area contributed by atoms with Crippen molar-refractivity contribution < 1.29 is 39.8 Å². The standard InChI is InChI=1S/C36H45N3O8/c1-46-31-17-21(5-8-27(31)41)6-9-28(42)34(29(43)10-7-22-16-30(44)35(45)32(18-22)47-2)36(23-12-15-39-33(37)19-23)13-11-26(40)25(36)20-24-4-3-14-38-24/h3-5,8,12,14,16-19,25-26,28,34,38-42,44-45H,6-7,9-11,13,15,20,37H2,1-2H3/t25-,26-,28+,34+,36-/m0/s1. The summed E-state index contributed by atoms with van der Waals surface area (Å²) in [5, 5.41) is 57.3. The van der Waals surface area contributed by atoms with Gasteiger partial charge in [-0.25, -0.2) is 0 Å². The number of benzene rings is 2. The van der Waals surface area contributed by atoms with E-state index in [1.54, 1.807) is 24.3 Å². The number of carbonyl (C=O) groups is 1. The lowest BCUT2D eigenvalue weighted by Gasteiger charge is -2.46. The first-order valence-corrected chi connectivity index (χ1v) is 15.9. The van der Waals surface area contributed by atoms with E-state index in [9.17, 15) is 30.3 Å². The van der Waals surface area contributed by atoms with Gasteiger partial charge in [-0.05, 0) is 97.7 Å². The number of ketones is 1. The first kappa shape index (κ1) is 33.7. The quantitative estimate of drug-likeness (QED) is 0.120. The number of hydrogen-bond donors (Lipinski definition) is 8. The number of aliphatic hydroxyl groups is 2. The Kier molecular flexibility index (Phi) is 10.4. The number of aromatic nitrogens is 1. The van der Waals surface area contributed by atoms with Gasteiger partial charge in [0.2, 0.25) is 5.75 Å². The summed E-state index contributed by atoms with van der Waals surface area (Å²) in [6.45, 7) is 0.446. The van der Waals surface area contributed by atoms with E-state index >= 15 is 0 Å². The number of phenols is 3. The molecule has 0 spiro atoms. The molecule has 5 atom stereocenters. The van der Waals surface area contributed by atoms with E-state index in [2.05, 4.69) is 10.3 Å². The molecule has 11 heteroatoms. The van der Waals surface area contributed by atoms with Gasteiger partial charge < -0.3 is 51.0 Å². The molecule has 1 fully saturated rings. The molecule has 0 saturated heterocycles. The van der Waals surface area contributed by atoms with Gasteiger partial charge in [0.05, 0.1) is 38.2 Å². The number of nitrogens with one attached hydrogen (secondary N) is 2. The number of allylic oxidation sites excluding steroid dienone is 2. The maximum atomic E-state index is 14.7. The number of phenolic OH excluding ortho intramolecular Hbond substituents is 3. The van der Waals surface area contributed by atoms with Crippen LogP contribution in [0.4, 0.5) is 0 Å². The van der Waals surface area contributed by atoms with Crippen LogP contribution in [0, 0.1) is 17.3 Å². The highest BCUT2D eigenvalue weighted by Gasteiger charge is 2.58. The normalized spacial score (nSPS) is 22.1. The highest BCUT2D eigenvalue weighted by Crippen LogP contribution is 2.57. The number of Topliss-reactive ketones (excluding diaryl/α,β-unsaturated/α-hetero) is 1. The lowest BCUT2D eigenvalue weighted by atomic mass is 9.58. The molecule has 2 heterocycles. The number of aryl methyl sites for hydroxylation is 2. The summed E-state index contributed by atoms with van der Waals surface area (Å²) >= 11 is 0. The van der Waals surface area contributed by atoms with E-state index in [-0.39, 0.29) is 48.0 Å². The summed E-state index contributed by atoms with van der Waals surface area (Å²) in [6.07, 6.45) is 6.06. The molecule has 0 bridgehead atoms. The molecule has 1 aliphatic carbocycles. The summed E-state index contributed by atoms with van der Waals surface area (Å²) in [5.74, 6) is -1.38. The summed E-state index contributed by atoms with van der Waals surface area (Å²) in [7, 11) is 2.85. The van der Waals surface area contributed by atoms with Crippen LogP contribution in [-0.4, -0.2) is 69.3 Å². The van der Waals surface area contributed by atoms with Gasteiger partial charge in [0.25, 0.3) is 0 Å². The Bertz CT molecular complexity index is 1620. The smallest absolute Gasteiger partial charge is 0.200 e. The number of aromatic amines is 1. The average molecular weight is 648 g/mol. The molecule has 9 N–H and O–H groups in total. The van der Waals surface area contributed by atoms with E-state index in [4.69, 9.17) is 15.2 Å². The third-order valence-corrected chi connectivity index (χ3v) is 9.81. The molecular weight excluding hydrogens is 602 g/mol. The van der Waals surface area contributed by atoms with Crippen LogP contribution in [0.1, 0.15) is 42.5 Å². The maximum Gasteiger partial charge on any atom is 0.200 e. The van der Waals surface area contributed by atoms with Gasteiger partial charge in [-0.1, -0.05) is 12.1 Å². The number of aliphatic hydroxyl groups excluding tert-OH is 2. The molecule has 1 aromatic heterocycles. The van der Waals surface area contributed by atoms with Gasteiger partial charge in [0, 0.05) is 36.2 Å². The van der Waals surface area contributed by atoms with E-state index < -0.39 is 29.5 Å². The third kappa shape index (κ3) is 7.06. The number of methoxy groups -OCH3 is 2. The molecule has 0 amide bonds. The van der Waals surface area contributed by atoms with Gasteiger partial charge in [-0.3, -0.25) is 4.79 Å². The fourth-order valence-electron chi connectivity index (χ4n) is 7.55. The van der Waals surface area contributed by atoms with Gasteiger partial charge >= 0.3 is 0 Å². The zero-order chi connectivity index (χ0) is 33.7. The summed E-state index contributed by atoms with van der Waals surface area (Å²) in [5.41, 5.74) is 8.48. The Morgan fingerprint density at radius 3 is 2.51 bits per heavy atom. The Labute approximate surface area is 274 Å². The SMILES string of the molecule is COc1cc(CC[C@@H](O)[C@H](C(=O)CCc2cc(O)c(O)c(OC)c2)[C@]2(C3=CCNC(N)=C3)CC[C@H](O)[C@@H]2Cc2ccc[nH]2)ccc1O. The highest BCUT2D eigenvalue weighted by atomic mass is 16.5. The number of H-pyrrole nitrogens is 1. The van der Waals surface area contributed by atoms with Crippen LogP contribution in [0.2, 0.25) is 0 Å². The van der Waals surface area contributed by atoms with E-state index in [0.29, 0.717) is 49.4 Å². The number of ether oxygens (including phenoxy) is 2. The molecule has 2 aliphatic rings. The topological polar surface area (TPSA) is 191 Å². The lowest BCUT2D eigenvalue weighted by Crippen LogP contribution is -2.50. The number of dihydropyridines is 1. The molecule has 3 aromatic rings. The Hall–Kier alpha value is -4.61. The number of hydrogen-bond acceptors (Lipinski definition) is 10. The lowest BCUT2D eigenvalue weighted by molar-refractivity contribution is -0.134. The first-order valence-electron chi connectivity index (χ1n) is 15.9. The monoisotopic (exact) mass is 647 g/mol. The number of rotatable bonds is 14. The van der Waals surface area contributed by atoms with Crippen LogP contribution >= 0.6 is 0 Å². The van der Waals surface area contributed by atoms with E-state index in [1.807, 2.05) is 30.5 Å². The van der Waals surface area contributed by atoms with Crippen LogP contribution in [0.15, 0.2) is 72.2 Å². The van der Waals surface area contributed by atoms with Crippen molar-refractivity contribution in [3.05, 3.63) is 89.0 Å². The molecular formula is C36H45N3O8. The van der Waals surface area contributed by atoms with Crippen LogP contribution in [0.25, 0.3) is 0 Å². The maximum absolute atomic E-state index is 14.7. The molecule has 0 unspecified atom stereocenters. The molecule has 2 aromatic carbocycles. The molecule has 0 radical (unpaired) electrons. The fraction of sp³-hybridized carbons (Fsp3) is 0.417. The summed E-state index contributed by atoms with van der Waals surface area (Å²) in [4.78, 5) is 17.9. The predicted molar refractivity (Wildman–Crippen MR) is 176 cm³/mol. The molecule has 5 rings (SSSR count). The predicted octanol–water partition coefficient (Wildman–Crippen LogP) is 3.59. The van der Waals surface area contributed by atoms with Crippen LogP contribution in [0.3, 0.4) is 0 Å². The minimum atomic E-state index is -1.10. The molecule has 1 aliphatic heterocycles. The number of aromatic hydroxyl groups is 3. The van der Waals surface area contributed by atoms with Crippen LogP contribution in [0.5, 0.6) is 28.7 Å². The van der Waals surface area contributed by atoms with Gasteiger partial charge in [-0.15, -0.1) is 0 Å². The van der Waals surface area contributed by atoms with Crippen molar-refractivity contribution in [2.75, 3.05) is 20.8 Å². The second kappa shape index (κ2) is 14.4. The number of nitrogens with two attached hydrogens (primary N) is 1. The van der Waals surface area contributed by atoms with Crippen molar-refractivity contribution in [1.82, 2.24) is 10.3 Å². The van der Waals surface area contributed by atoms with Crippen molar-refractivity contribution in [3.8, 4) is 28.7 Å². The minimum Gasteiger partial charge on any atom is -0.504 e. The largest absolute Gasteiger partial charge is 0.504 e. The molecule has 1 saturated carbocycles. The zero-order valence-corrected chi connectivity index (χ0v) is 26.8. The fourth-order valence-corrected chi connectivity index (χ4v) is 7.55. The van der Waals surface area contributed by atoms with Crippen molar-refractivity contribution >= 4 is 5.78 Å². The van der Waals surface area contributed by atoms with Gasteiger partial charge in [-0.2, -0.15) is 0 Å². The molecule has 47 heavy (non-hydrogen) atoms. The average Bonchev–Trinajstić information content (AvgIpc) is 3.70. The Balaban J connectivity index is 1.55. The van der Waals surface area contributed by atoms with Gasteiger partial charge in [0.1, 0.15) is 5.78 Å². The van der Waals surface area contributed by atoms with Gasteiger partial charge in [0.15, 0.2) is 23.0 Å². The second-order valence-corrected chi connectivity index (χ2v) is 12.5. The third-order valence-electron chi connectivity index (χ3n) is 9.81. The Morgan fingerprint density at radius 1 is 1.04 bits per heavy atom. The van der Waals surface area contributed by atoms with Crippen LogP contribution < -0.4 is 20.5 Å². The zero-order valence-electron chi connectivity index (χ0n) is 26.8. The Morgan fingerprint density at radius 2 is 1.81 bits per heavy atom. The van der Waals surface area contributed by atoms with E-state index in [1.165, 1.54) is 20.3 Å². The highest BCUT2D eigenvalue weighted by molar-refractivity contribution is 5.84.